The summed E-state index contributed by atoms with van der Waals surface area (Å²) in [6.45, 7) is 9.74. The quantitative estimate of drug-likeness (QED) is 0.819. The molecule has 0 aromatic rings. The molecule has 1 aliphatic carbocycles. The number of rotatable bonds is 5. The lowest BCUT2D eigenvalue weighted by Crippen LogP contribution is -2.54. The molecule has 0 aromatic carbocycles. The van der Waals surface area contributed by atoms with Crippen LogP contribution in [0, 0.1) is 0 Å². The first-order chi connectivity index (χ1) is 9.20. The molecule has 1 unspecified atom stereocenters. The molecule has 1 heterocycles. The van der Waals surface area contributed by atoms with E-state index in [1.165, 1.54) is 38.6 Å². The number of carbonyl (C=O) groups is 1. The Labute approximate surface area is 117 Å². The number of amides is 1. The van der Waals surface area contributed by atoms with Crippen molar-refractivity contribution in [1.29, 1.82) is 0 Å². The van der Waals surface area contributed by atoms with Crippen LogP contribution in [-0.2, 0) is 4.79 Å². The van der Waals surface area contributed by atoms with E-state index in [2.05, 4.69) is 29.0 Å². The van der Waals surface area contributed by atoms with Crippen LogP contribution in [-0.4, -0.2) is 60.5 Å². The normalized spacial score (nSPS) is 24.5. The fourth-order valence-electron chi connectivity index (χ4n) is 3.25. The summed E-state index contributed by atoms with van der Waals surface area (Å²) in [6.07, 6.45) is 6.10. The van der Waals surface area contributed by atoms with Crippen LogP contribution in [0.5, 0.6) is 0 Å². The minimum Gasteiger partial charge on any atom is -0.352 e. The second kappa shape index (κ2) is 7.25. The Bertz CT molecular complexity index is 281. The maximum Gasteiger partial charge on any atom is 0.237 e. The first-order valence-corrected chi connectivity index (χ1v) is 7.97. The van der Waals surface area contributed by atoms with Crippen molar-refractivity contribution in [2.24, 2.45) is 0 Å². The van der Waals surface area contributed by atoms with Crippen LogP contribution in [0.1, 0.15) is 46.0 Å². The van der Waals surface area contributed by atoms with Crippen molar-refractivity contribution in [1.82, 2.24) is 15.1 Å². The summed E-state index contributed by atoms with van der Waals surface area (Å²) in [6, 6.07) is 0.473. The highest BCUT2D eigenvalue weighted by Gasteiger charge is 2.27. The highest BCUT2D eigenvalue weighted by molar-refractivity contribution is 5.81. The van der Waals surface area contributed by atoms with Gasteiger partial charge in [0.15, 0.2) is 0 Å². The monoisotopic (exact) mass is 267 g/mol. The summed E-state index contributed by atoms with van der Waals surface area (Å²) in [5.41, 5.74) is 0. The number of piperazine rings is 1. The van der Waals surface area contributed by atoms with E-state index >= 15 is 0 Å². The van der Waals surface area contributed by atoms with Crippen molar-refractivity contribution in [3.05, 3.63) is 0 Å². The van der Waals surface area contributed by atoms with Crippen LogP contribution < -0.4 is 5.32 Å². The van der Waals surface area contributed by atoms with Gasteiger partial charge >= 0.3 is 0 Å². The summed E-state index contributed by atoms with van der Waals surface area (Å²) < 4.78 is 0. The van der Waals surface area contributed by atoms with Crippen LogP contribution in [0.15, 0.2) is 0 Å². The molecule has 1 saturated heterocycles. The van der Waals surface area contributed by atoms with Gasteiger partial charge in [0.1, 0.15) is 0 Å². The third-order valence-electron chi connectivity index (χ3n) is 4.58. The molecule has 0 radical (unpaired) electrons. The summed E-state index contributed by atoms with van der Waals surface area (Å²) >= 11 is 0. The maximum atomic E-state index is 12.2. The minimum atomic E-state index is 0.0318. The lowest BCUT2D eigenvalue weighted by atomic mass is 10.2. The fraction of sp³-hybridized carbons (Fsp3) is 0.933. The predicted molar refractivity (Wildman–Crippen MR) is 78.2 cm³/mol. The zero-order valence-electron chi connectivity index (χ0n) is 12.5. The van der Waals surface area contributed by atoms with Gasteiger partial charge in [-0.15, -0.1) is 0 Å². The van der Waals surface area contributed by atoms with E-state index in [0.29, 0.717) is 6.04 Å². The van der Waals surface area contributed by atoms with Crippen LogP contribution in [0.2, 0.25) is 0 Å². The lowest BCUT2D eigenvalue weighted by Gasteiger charge is -2.37. The zero-order valence-corrected chi connectivity index (χ0v) is 12.5. The minimum absolute atomic E-state index is 0.0318. The summed E-state index contributed by atoms with van der Waals surface area (Å²) in [5.74, 6) is 0.232. The first kappa shape index (κ1) is 14.8. The van der Waals surface area contributed by atoms with Gasteiger partial charge in [0.05, 0.1) is 6.04 Å². The van der Waals surface area contributed by atoms with Gasteiger partial charge in [-0.05, 0) is 32.7 Å². The van der Waals surface area contributed by atoms with E-state index in [9.17, 15) is 4.79 Å². The molecule has 1 amide bonds. The van der Waals surface area contributed by atoms with Gasteiger partial charge in [-0.2, -0.15) is 0 Å². The van der Waals surface area contributed by atoms with Crippen LogP contribution >= 0.6 is 0 Å². The van der Waals surface area contributed by atoms with E-state index in [4.69, 9.17) is 0 Å². The molecule has 0 spiro atoms. The predicted octanol–water partition coefficient (Wildman–Crippen LogP) is 1.46. The van der Waals surface area contributed by atoms with Crippen LogP contribution in [0.4, 0.5) is 0 Å². The van der Waals surface area contributed by atoms with Gasteiger partial charge in [-0.3, -0.25) is 9.69 Å². The van der Waals surface area contributed by atoms with E-state index in [1.54, 1.807) is 0 Å². The van der Waals surface area contributed by atoms with Gasteiger partial charge in [-0.1, -0.05) is 19.8 Å². The average molecular weight is 267 g/mol. The highest BCUT2D eigenvalue weighted by atomic mass is 16.2. The van der Waals surface area contributed by atoms with Crippen LogP contribution in [0.25, 0.3) is 0 Å². The van der Waals surface area contributed by atoms with Gasteiger partial charge in [0.25, 0.3) is 0 Å². The second-order valence-electron chi connectivity index (χ2n) is 6.04. The SMILES string of the molecule is CCCN1CCN(C(C)C(=O)NC2CCCC2)CC1. The van der Waals surface area contributed by atoms with E-state index in [-0.39, 0.29) is 11.9 Å². The summed E-state index contributed by atoms with van der Waals surface area (Å²) in [7, 11) is 0. The molecular formula is C15H29N3O. The Morgan fingerprint density at radius 1 is 1.21 bits per heavy atom. The fourth-order valence-corrected chi connectivity index (χ4v) is 3.25. The molecule has 110 valence electrons. The van der Waals surface area contributed by atoms with Gasteiger partial charge in [-0.25, -0.2) is 0 Å². The van der Waals surface area contributed by atoms with Crippen molar-refractivity contribution < 1.29 is 4.79 Å². The lowest BCUT2D eigenvalue weighted by molar-refractivity contribution is -0.127. The molecule has 2 fully saturated rings. The van der Waals surface area contributed by atoms with Crippen molar-refractivity contribution in [3.63, 3.8) is 0 Å². The van der Waals surface area contributed by atoms with Gasteiger partial charge in [0, 0.05) is 32.2 Å². The van der Waals surface area contributed by atoms with Gasteiger partial charge < -0.3 is 10.2 Å². The number of hydrogen-bond acceptors (Lipinski definition) is 3. The molecular weight excluding hydrogens is 238 g/mol. The average Bonchev–Trinajstić information content (AvgIpc) is 2.92. The standard InChI is InChI=1S/C15H29N3O/c1-3-8-17-9-11-18(12-10-17)13(2)15(19)16-14-6-4-5-7-14/h13-14H,3-12H2,1-2H3,(H,16,19). The maximum absolute atomic E-state index is 12.2. The zero-order chi connectivity index (χ0) is 13.7. The molecule has 19 heavy (non-hydrogen) atoms. The van der Waals surface area contributed by atoms with E-state index in [1.807, 2.05) is 0 Å². The van der Waals surface area contributed by atoms with Gasteiger partial charge in [0.2, 0.25) is 5.91 Å². The summed E-state index contributed by atoms with van der Waals surface area (Å²) in [4.78, 5) is 17.1. The Hall–Kier alpha value is -0.610. The molecule has 1 saturated carbocycles. The number of nitrogens with one attached hydrogen (secondary N) is 1. The molecule has 4 heteroatoms. The van der Waals surface area contributed by atoms with Crippen molar-refractivity contribution >= 4 is 5.91 Å². The van der Waals surface area contributed by atoms with Crippen LogP contribution in [0.3, 0.4) is 0 Å². The molecule has 4 nitrogen and oxygen atoms in total. The molecule has 0 aromatic heterocycles. The third-order valence-corrected chi connectivity index (χ3v) is 4.58. The Morgan fingerprint density at radius 3 is 2.42 bits per heavy atom. The Morgan fingerprint density at radius 2 is 1.84 bits per heavy atom. The molecule has 0 bridgehead atoms. The smallest absolute Gasteiger partial charge is 0.237 e. The third kappa shape index (κ3) is 4.18. The largest absolute Gasteiger partial charge is 0.352 e. The Balaban J connectivity index is 1.73. The topological polar surface area (TPSA) is 35.6 Å². The summed E-state index contributed by atoms with van der Waals surface area (Å²) in [5, 5.41) is 3.22. The molecule has 1 aliphatic heterocycles. The molecule has 2 rings (SSSR count). The van der Waals surface area contributed by atoms with E-state index in [0.717, 1.165) is 26.2 Å². The second-order valence-corrected chi connectivity index (χ2v) is 6.04. The number of carbonyl (C=O) groups excluding carboxylic acids is 1. The molecule has 2 aliphatic rings. The Kier molecular flexibility index (Phi) is 5.64. The molecule has 1 N–H and O–H groups in total. The number of nitrogens with zero attached hydrogens (tertiary/aromatic N) is 2. The van der Waals surface area contributed by atoms with Crippen molar-refractivity contribution in [3.8, 4) is 0 Å². The molecule has 1 atom stereocenters. The van der Waals surface area contributed by atoms with E-state index < -0.39 is 0 Å². The number of hydrogen-bond donors (Lipinski definition) is 1. The first-order valence-electron chi connectivity index (χ1n) is 7.97. The van der Waals surface area contributed by atoms with Crippen molar-refractivity contribution in [2.75, 3.05) is 32.7 Å². The highest BCUT2D eigenvalue weighted by Crippen LogP contribution is 2.18. The van der Waals surface area contributed by atoms with Crippen molar-refractivity contribution in [2.45, 2.75) is 58.0 Å².